The van der Waals surface area contributed by atoms with Crippen molar-refractivity contribution in [3.05, 3.63) is 120 Å². The number of amides is 1. The van der Waals surface area contributed by atoms with Gasteiger partial charge < -0.3 is 4.98 Å². The SMILES string of the molecule is O=C(NN=Cc1c2ccccc2cc2ccccc12)c1ccc(CSc2nc3ccccc3[nH]2)cc1. The summed E-state index contributed by atoms with van der Waals surface area (Å²) in [6, 6.07) is 34.2. The number of benzene rings is 5. The van der Waals surface area contributed by atoms with E-state index in [0.29, 0.717) is 5.56 Å². The van der Waals surface area contributed by atoms with Crippen molar-refractivity contribution in [3.8, 4) is 0 Å². The van der Waals surface area contributed by atoms with Crippen molar-refractivity contribution in [1.82, 2.24) is 15.4 Å². The summed E-state index contributed by atoms with van der Waals surface area (Å²) < 4.78 is 0. The summed E-state index contributed by atoms with van der Waals surface area (Å²) in [4.78, 5) is 20.6. The zero-order valence-corrected chi connectivity index (χ0v) is 20.1. The lowest BCUT2D eigenvalue weighted by Crippen LogP contribution is -2.17. The number of carbonyl (C=O) groups excluding carboxylic acids is 1. The highest BCUT2D eigenvalue weighted by molar-refractivity contribution is 7.98. The number of aromatic nitrogens is 2. The Balaban J connectivity index is 1.14. The summed E-state index contributed by atoms with van der Waals surface area (Å²) in [6.07, 6.45) is 1.74. The molecule has 1 amide bonds. The van der Waals surface area contributed by atoms with Crippen molar-refractivity contribution in [1.29, 1.82) is 0 Å². The first kappa shape index (κ1) is 22.1. The van der Waals surface area contributed by atoms with Crippen LogP contribution in [-0.2, 0) is 5.75 Å². The van der Waals surface area contributed by atoms with Gasteiger partial charge in [0.2, 0.25) is 0 Å². The fourth-order valence-corrected chi connectivity index (χ4v) is 5.15. The third kappa shape index (κ3) is 4.46. The number of fused-ring (bicyclic) bond motifs is 3. The quantitative estimate of drug-likeness (QED) is 0.116. The van der Waals surface area contributed by atoms with Crippen LogP contribution in [0.3, 0.4) is 0 Å². The molecule has 6 heteroatoms. The third-order valence-electron chi connectivity index (χ3n) is 6.13. The van der Waals surface area contributed by atoms with Gasteiger partial charge in [-0.3, -0.25) is 4.79 Å². The second kappa shape index (κ2) is 9.68. The van der Waals surface area contributed by atoms with Crippen molar-refractivity contribution < 1.29 is 4.79 Å². The van der Waals surface area contributed by atoms with Crippen molar-refractivity contribution >= 4 is 56.5 Å². The van der Waals surface area contributed by atoms with Crippen molar-refractivity contribution in [3.63, 3.8) is 0 Å². The molecule has 0 aliphatic carbocycles. The molecule has 0 aliphatic heterocycles. The summed E-state index contributed by atoms with van der Waals surface area (Å²) >= 11 is 1.64. The Morgan fingerprint density at radius 2 is 1.53 bits per heavy atom. The zero-order chi connectivity index (χ0) is 24.3. The van der Waals surface area contributed by atoms with Crippen LogP contribution in [0.5, 0.6) is 0 Å². The highest BCUT2D eigenvalue weighted by Crippen LogP contribution is 2.27. The fraction of sp³-hybridized carbons (Fsp3) is 0.0333. The Labute approximate surface area is 212 Å². The molecule has 0 radical (unpaired) electrons. The van der Waals surface area contributed by atoms with Crippen LogP contribution in [0.2, 0.25) is 0 Å². The molecule has 5 aromatic carbocycles. The van der Waals surface area contributed by atoms with Crippen molar-refractivity contribution in [2.24, 2.45) is 5.10 Å². The maximum absolute atomic E-state index is 12.7. The lowest BCUT2D eigenvalue weighted by atomic mass is 9.97. The van der Waals surface area contributed by atoms with E-state index in [2.05, 4.69) is 50.8 Å². The van der Waals surface area contributed by atoms with E-state index in [0.717, 1.165) is 54.6 Å². The third-order valence-corrected chi connectivity index (χ3v) is 7.08. The van der Waals surface area contributed by atoms with Gasteiger partial charge in [0.05, 0.1) is 17.2 Å². The van der Waals surface area contributed by atoms with Crippen LogP contribution in [0.1, 0.15) is 21.5 Å². The van der Waals surface area contributed by atoms with Gasteiger partial charge >= 0.3 is 0 Å². The zero-order valence-electron chi connectivity index (χ0n) is 19.3. The minimum Gasteiger partial charge on any atom is -0.333 e. The highest BCUT2D eigenvalue weighted by Gasteiger charge is 2.08. The molecule has 6 aromatic rings. The molecule has 0 atom stereocenters. The van der Waals surface area contributed by atoms with Crippen molar-refractivity contribution in [2.45, 2.75) is 10.9 Å². The number of thioether (sulfide) groups is 1. The van der Waals surface area contributed by atoms with E-state index < -0.39 is 0 Å². The molecule has 0 unspecified atom stereocenters. The van der Waals surface area contributed by atoms with Crippen LogP contribution >= 0.6 is 11.8 Å². The Morgan fingerprint density at radius 3 is 2.25 bits per heavy atom. The Kier molecular flexibility index (Phi) is 5.93. The van der Waals surface area contributed by atoms with Gasteiger partial charge in [-0.15, -0.1) is 0 Å². The lowest BCUT2D eigenvalue weighted by molar-refractivity contribution is 0.0955. The van der Waals surface area contributed by atoms with Gasteiger partial charge in [0, 0.05) is 16.9 Å². The van der Waals surface area contributed by atoms with E-state index in [-0.39, 0.29) is 5.91 Å². The molecule has 1 heterocycles. The van der Waals surface area contributed by atoms with Crippen LogP contribution in [-0.4, -0.2) is 22.1 Å². The number of para-hydroxylation sites is 2. The number of hydrazone groups is 1. The number of aromatic amines is 1. The van der Waals surface area contributed by atoms with E-state index >= 15 is 0 Å². The summed E-state index contributed by atoms with van der Waals surface area (Å²) in [5, 5.41) is 9.65. The normalized spacial score (nSPS) is 11.6. The maximum atomic E-state index is 12.7. The first-order valence-corrected chi connectivity index (χ1v) is 12.6. The Hall–Kier alpha value is -4.42. The summed E-state index contributed by atoms with van der Waals surface area (Å²) in [6.45, 7) is 0. The summed E-state index contributed by atoms with van der Waals surface area (Å²) in [5.74, 6) is 0.515. The first-order valence-electron chi connectivity index (χ1n) is 11.6. The van der Waals surface area contributed by atoms with E-state index in [4.69, 9.17) is 0 Å². The Bertz CT molecular complexity index is 1650. The van der Waals surface area contributed by atoms with E-state index in [1.165, 1.54) is 0 Å². The van der Waals surface area contributed by atoms with Gasteiger partial charge in [0.1, 0.15) is 0 Å². The molecule has 0 saturated carbocycles. The van der Waals surface area contributed by atoms with Gasteiger partial charge in [-0.1, -0.05) is 84.6 Å². The number of nitrogens with zero attached hydrogens (tertiary/aromatic N) is 2. The smallest absolute Gasteiger partial charge is 0.271 e. The number of imidazole rings is 1. The molecular weight excluding hydrogens is 464 g/mol. The largest absolute Gasteiger partial charge is 0.333 e. The van der Waals surface area contributed by atoms with Crippen LogP contribution in [0.25, 0.3) is 32.6 Å². The molecular formula is C30H22N4OS. The standard InChI is InChI=1S/C30H22N4OS/c35-29(21-15-13-20(14-16-21)19-36-30-32-27-11-5-6-12-28(27)33-30)34-31-18-26-24-9-3-1-7-22(24)17-23-8-2-4-10-25(23)26/h1-18H,19H2,(H,32,33)(H,34,35). The lowest BCUT2D eigenvalue weighted by Gasteiger charge is -2.08. The molecule has 2 N–H and O–H groups in total. The predicted molar refractivity (Wildman–Crippen MR) is 149 cm³/mol. The molecule has 174 valence electrons. The molecule has 36 heavy (non-hydrogen) atoms. The fourth-order valence-electron chi connectivity index (χ4n) is 4.31. The topological polar surface area (TPSA) is 70.1 Å². The average molecular weight is 487 g/mol. The monoisotopic (exact) mass is 486 g/mol. The number of hydrogen-bond acceptors (Lipinski definition) is 4. The molecule has 5 nitrogen and oxygen atoms in total. The number of nitrogens with one attached hydrogen (secondary N) is 2. The maximum Gasteiger partial charge on any atom is 0.271 e. The summed E-state index contributed by atoms with van der Waals surface area (Å²) in [5.41, 5.74) is 7.34. The number of H-pyrrole nitrogens is 1. The molecule has 0 spiro atoms. The minimum atomic E-state index is -0.243. The van der Waals surface area contributed by atoms with Gasteiger partial charge in [0.15, 0.2) is 5.16 Å². The second-order valence-corrected chi connectivity index (χ2v) is 9.44. The second-order valence-electron chi connectivity index (χ2n) is 8.48. The molecule has 0 bridgehead atoms. The molecule has 1 aromatic heterocycles. The number of rotatable bonds is 6. The molecule has 0 saturated heterocycles. The average Bonchev–Trinajstić information content (AvgIpc) is 3.35. The van der Waals surface area contributed by atoms with Crippen molar-refractivity contribution in [2.75, 3.05) is 0 Å². The van der Waals surface area contributed by atoms with Gasteiger partial charge in [0.25, 0.3) is 5.91 Å². The minimum absolute atomic E-state index is 0.243. The first-order chi connectivity index (χ1) is 17.7. The predicted octanol–water partition coefficient (Wildman–Crippen LogP) is 6.93. The molecule has 0 aliphatic rings. The summed E-state index contributed by atoms with van der Waals surface area (Å²) in [7, 11) is 0. The Morgan fingerprint density at radius 1 is 0.861 bits per heavy atom. The van der Waals surface area contributed by atoms with E-state index in [1.54, 1.807) is 18.0 Å². The van der Waals surface area contributed by atoms with Crippen LogP contribution in [0, 0.1) is 0 Å². The van der Waals surface area contributed by atoms with E-state index in [1.807, 2.05) is 72.8 Å². The van der Waals surface area contributed by atoms with Crippen LogP contribution in [0.15, 0.2) is 113 Å². The molecule has 0 fully saturated rings. The number of hydrogen-bond donors (Lipinski definition) is 2. The van der Waals surface area contributed by atoms with Gasteiger partial charge in [-0.25, -0.2) is 10.4 Å². The molecule has 6 rings (SSSR count). The van der Waals surface area contributed by atoms with E-state index in [9.17, 15) is 4.79 Å². The van der Waals surface area contributed by atoms with Gasteiger partial charge in [-0.2, -0.15) is 5.10 Å². The van der Waals surface area contributed by atoms with Crippen LogP contribution < -0.4 is 5.43 Å². The number of carbonyl (C=O) groups is 1. The highest BCUT2D eigenvalue weighted by atomic mass is 32.2. The van der Waals surface area contributed by atoms with Crippen LogP contribution in [0.4, 0.5) is 0 Å². The van der Waals surface area contributed by atoms with Gasteiger partial charge in [-0.05, 0) is 57.4 Å².